The van der Waals surface area contributed by atoms with E-state index < -0.39 is 0 Å². The zero-order valence-corrected chi connectivity index (χ0v) is 10.8. The minimum absolute atomic E-state index is 0.0765. The Bertz CT molecular complexity index is 350. The molecule has 0 fully saturated rings. The van der Waals surface area contributed by atoms with Gasteiger partial charge in [-0.05, 0) is 17.5 Å². The molecule has 15 heavy (non-hydrogen) atoms. The van der Waals surface area contributed by atoms with E-state index >= 15 is 0 Å². The Morgan fingerprint density at radius 2 is 2.00 bits per heavy atom. The van der Waals surface area contributed by atoms with Crippen LogP contribution in [-0.2, 0) is 5.41 Å². The van der Waals surface area contributed by atoms with Crippen LogP contribution in [0.25, 0.3) is 0 Å². The summed E-state index contributed by atoms with van der Waals surface area (Å²) >= 11 is 1.22. The fourth-order valence-corrected chi connectivity index (χ4v) is 1.90. The van der Waals surface area contributed by atoms with Crippen molar-refractivity contribution >= 4 is 17.3 Å². The zero-order valence-electron chi connectivity index (χ0n) is 10.00. The summed E-state index contributed by atoms with van der Waals surface area (Å²) < 4.78 is 4.23. The van der Waals surface area contributed by atoms with E-state index in [9.17, 15) is 4.79 Å². The molecular formula is C11H18N2OS. The predicted octanol–water partition coefficient (Wildman–Crippen LogP) is 3.06. The summed E-state index contributed by atoms with van der Waals surface area (Å²) in [5.41, 5.74) is -0.0765. The molecule has 0 spiro atoms. The second kappa shape index (κ2) is 4.39. The molecule has 1 aromatic rings. The van der Waals surface area contributed by atoms with Crippen molar-refractivity contribution in [1.82, 2.24) is 9.36 Å². The molecule has 0 aliphatic heterocycles. The monoisotopic (exact) mass is 226 g/mol. The van der Waals surface area contributed by atoms with Gasteiger partial charge in [0.15, 0.2) is 10.8 Å². The van der Waals surface area contributed by atoms with Crippen LogP contribution in [0.2, 0.25) is 0 Å². The first-order chi connectivity index (χ1) is 6.80. The SMILES string of the molecule is CC(C)CC(=O)c1nc(C(C)(C)C)ns1. The molecule has 1 heterocycles. The topological polar surface area (TPSA) is 42.9 Å². The molecule has 4 heteroatoms. The molecule has 0 atom stereocenters. The Hall–Kier alpha value is -0.770. The van der Waals surface area contributed by atoms with Gasteiger partial charge in [0.25, 0.3) is 0 Å². The molecule has 0 aliphatic carbocycles. The van der Waals surface area contributed by atoms with Crippen molar-refractivity contribution in [3.8, 4) is 0 Å². The third kappa shape index (κ3) is 3.38. The Kier molecular flexibility index (Phi) is 3.60. The Labute approximate surface area is 95.1 Å². The van der Waals surface area contributed by atoms with Crippen LogP contribution in [0, 0.1) is 5.92 Å². The minimum atomic E-state index is -0.0765. The van der Waals surface area contributed by atoms with Crippen LogP contribution in [0.3, 0.4) is 0 Å². The van der Waals surface area contributed by atoms with Gasteiger partial charge in [0.1, 0.15) is 5.82 Å². The lowest BCUT2D eigenvalue weighted by Gasteiger charge is -2.12. The lowest BCUT2D eigenvalue weighted by atomic mass is 9.96. The number of carbonyl (C=O) groups is 1. The first kappa shape index (κ1) is 12.3. The average Bonchev–Trinajstić information content (AvgIpc) is 2.48. The highest BCUT2D eigenvalue weighted by molar-refractivity contribution is 7.07. The fourth-order valence-electron chi connectivity index (χ4n) is 1.10. The molecule has 0 bridgehead atoms. The molecule has 0 saturated heterocycles. The number of hydrogen-bond donors (Lipinski definition) is 0. The van der Waals surface area contributed by atoms with E-state index in [1.165, 1.54) is 11.5 Å². The largest absolute Gasteiger partial charge is 0.291 e. The van der Waals surface area contributed by atoms with Gasteiger partial charge < -0.3 is 0 Å². The summed E-state index contributed by atoms with van der Waals surface area (Å²) in [5.74, 6) is 1.25. The highest BCUT2D eigenvalue weighted by Crippen LogP contribution is 2.21. The average molecular weight is 226 g/mol. The molecule has 0 aromatic carbocycles. The normalized spacial score (nSPS) is 12.1. The maximum atomic E-state index is 11.7. The van der Waals surface area contributed by atoms with Crippen molar-refractivity contribution in [3.63, 3.8) is 0 Å². The van der Waals surface area contributed by atoms with Crippen molar-refractivity contribution in [1.29, 1.82) is 0 Å². The lowest BCUT2D eigenvalue weighted by Crippen LogP contribution is -2.14. The van der Waals surface area contributed by atoms with E-state index in [-0.39, 0.29) is 11.2 Å². The van der Waals surface area contributed by atoms with Gasteiger partial charge in [-0.2, -0.15) is 4.37 Å². The summed E-state index contributed by atoms with van der Waals surface area (Å²) in [5, 5.41) is 0.550. The van der Waals surface area contributed by atoms with Crippen LogP contribution in [0.4, 0.5) is 0 Å². The second-order valence-electron chi connectivity index (χ2n) is 5.19. The molecule has 0 saturated carbocycles. The van der Waals surface area contributed by atoms with Gasteiger partial charge in [0.05, 0.1) is 0 Å². The minimum Gasteiger partial charge on any atom is -0.291 e. The third-order valence-corrected chi connectivity index (χ3v) is 2.69. The molecule has 0 aliphatic rings. The van der Waals surface area contributed by atoms with Crippen LogP contribution in [-0.4, -0.2) is 15.1 Å². The van der Waals surface area contributed by atoms with E-state index in [2.05, 4.69) is 9.36 Å². The van der Waals surface area contributed by atoms with Gasteiger partial charge in [0, 0.05) is 11.8 Å². The number of rotatable bonds is 3. The maximum absolute atomic E-state index is 11.7. The smallest absolute Gasteiger partial charge is 0.193 e. The molecule has 84 valence electrons. The third-order valence-electron chi connectivity index (χ3n) is 1.93. The summed E-state index contributed by atoms with van der Waals surface area (Å²) in [6.45, 7) is 10.2. The van der Waals surface area contributed by atoms with E-state index in [0.29, 0.717) is 17.3 Å². The van der Waals surface area contributed by atoms with Crippen LogP contribution in [0.5, 0.6) is 0 Å². The molecule has 1 aromatic heterocycles. The molecule has 0 radical (unpaired) electrons. The Morgan fingerprint density at radius 1 is 1.40 bits per heavy atom. The van der Waals surface area contributed by atoms with Gasteiger partial charge in [-0.1, -0.05) is 34.6 Å². The summed E-state index contributed by atoms with van der Waals surface area (Å²) in [6.07, 6.45) is 0.554. The zero-order chi connectivity index (χ0) is 11.6. The number of carbonyl (C=O) groups excluding carboxylic acids is 1. The van der Waals surface area contributed by atoms with Crippen molar-refractivity contribution in [2.75, 3.05) is 0 Å². The van der Waals surface area contributed by atoms with Crippen LogP contribution < -0.4 is 0 Å². The van der Waals surface area contributed by atoms with Crippen LogP contribution in [0.15, 0.2) is 0 Å². The quantitative estimate of drug-likeness (QED) is 0.744. The van der Waals surface area contributed by atoms with E-state index in [4.69, 9.17) is 0 Å². The van der Waals surface area contributed by atoms with Gasteiger partial charge in [0.2, 0.25) is 0 Å². The van der Waals surface area contributed by atoms with Crippen molar-refractivity contribution in [3.05, 3.63) is 10.8 Å². The molecule has 0 amide bonds. The molecular weight excluding hydrogens is 208 g/mol. The summed E-state index contributed by atoms with van der Waals surface area (Å²) in [4.78, 5) is 16.0. The number of hydrogen-bond acceptors (Lipinski definition) is 4. The maximum Gasteiger partial charge on any atom is 0.193 e. The van der Waals surface area contributed by atoms with Crippen molar-refractivity contribution in [2.45, 2.75) is 46.5 Å². The highest BCUT2D eigenvalue weighted by Gasteiger charge is 2.22. The van der Waals surface area contributed by atoms with Gasteiger partial charge in [-0.15, -0.1) is 0 Å². The van der Waals surface area contributed by atoms with Crippen LogP contribution in [0.1, 0.15) is 56.7 Å². The van der Waals surface area contributed by atoms with E-state index in [1.54, 1.807) is 0 Å². The van der Waals surface area contributed by atoms with Gasteiger partial charge in [-0.3, -0.25) is 4.79 Å². The molecule has 1 rings (SSSR count). The van der Waals surface area contributed by atoms with Gasteiger partial charge >= 0.3 is 0 Å². The standard InChI is InChI=1S/C11H18N2OS/c1-7(2)6-8(14)9-12-10(13-15-9)11(3,4)5/h7H,6H2,1-5H3. The Balaban J connectivity index is 2.81. The fraction of sp³-hybridized carbons (Fsp3) is 0.727. The second-order valence-corrected chi connectivity index (χ2v) is 5.95. The summed E-state index contributed by atoms with van der Waals surface area (Å²) in [7, 11) is 0. The number of aromatic nitrogens is 2. The first-order valence-electron chi connectivity index (χ1n) is 5.18. The summed E-state index contributed by atoms with van der Waals surface area (Å²) in [6, 6.07) is 0. The molecule has 0 N–H and O–H groups in total. The number of Topliss-reactive ketones (excluding diaryl/α,β-unsaturated/α-hetero) is 1. The van der Waals surface area contributed by atoms with Crippen molar-refractivity contribution in [2.24, 2.45) is 5.92 Å². The van der Waals surface area contributed by atoms with Crippen molar-refractivity contribution < 1.29 is 4.79 Å². The number of ketones is 1. The number of nitrogens with zero attached hydrogens (tertiary/aromatic N) is 2. The van der Waals surface area contributed by atoms with E-state index in [1.807, 2.05) is 34.6 Å². The van der Waals surface area contributed by atoms with E-state index in [0.717, 1.165) is 5.82 Å². The van der Waals surface area contributed by atoms with Gasteiger partial charge in [-0.25, -0.2) is 4.98 Å². The highest BCUT2D eigenvalue weighted by atomic mass is 32.1. The lowest BCUT2D eigenvalue weighted by molar-refractivity contribution is 0.0967. The first-order valence-corrected chi connectivity index (χ1v) is 5.95. The predicted molar refractivity (Wildman–Crippen MR) is 62.4 cm³/mol. The Morgan fingerprint density at radius 3 is 2.40 bits per heavy atom. The molecule has 3 nitrogen and oxygen atoms in total. The van der Waals surface area contributed by atoms with Crippen LogP contribution >= 0.6 is 11.5 Å². The molecule has 0 unspecified atom stereocenters.